The zero-order valence-corrected chi connectivity index (χ0v) is 14.3. The average Bonchev–Trinajstić information content (AvgIpc) is 2.46. The fourth-order valence-electron chi connectivity index (χ4n) is 2.91. The van der Waals surface area contributed by atoms with Gasteiger partial charge in [-0.05, 0) is 58.7 Å². The normalized spacial score (nSPS) is 19.0. The SMILES string of the molecule is CCCCC(CC)CNC1CCN(CC=C(C)C)CC1. The van der Waals surface area contributed by atoms with Gasteiger partial charge in [0.2, 0.25) is 0 Å². The number of rotatable bonds is 9. The van der Waals surface area contributed by atoms with Crippen molar-refractivity contribution in [2.75, 3.05) is 26.2 Å². The van der Waals surface area contributed by atoms with Crippen LogP contribution in [0, 0.1) is 5.92 Å². The lowest BCUT2D eigenvalue weighted by molar-refractivity contribution is 0.209. The van der Waals surface area contributed by atoms with Gasteiger partial charge in [0.05, 0.1) is 0 Å². The molecule has 118 valence electrons. The largest absolute Gasteiger partial charge is 0.314 e. The molecule has 1 unspecified atom stereocenters. The van der Waals surface area contributed by atoms with Gasteiger partial charge in [0.15, 0.2) is 0 Å². The summed E-state index contributed by atoms with van der Waals surface area (Å²) in [5.74, 6) is 0.888. The number of unbranched alkanes of at least 4 members (excludes halogenated alkanes) is 1. The van der Waals surface area contributed by atoms with Gasteiger partial charge >= 0.3 is 0 Å². The van der Waals surface area contributed by atoms with Crippen LogP contribution in [0.3, 0.4) is 0 Å². The third-order valence-corrected chi connectivity index (χ3v) is 4.58. The molecule has 0 spiro atoms. The number of allylic oxidation sites excluding steroid dienone is 1. The first-order chi connectivity index (χ1) is 9.65. The van der Waals surface area contributed by atoms with Crippen LogP contribution in [0.25, 0.3) is 0 Å². The van der Waals surface area contributed by atoms with Crippen LogP contribution in [-0.4, -0.2) is 37.1 Å². The van der Waals surface area contributed by atoms with Crippen molar-refractivity contribution in [2.24, 2.45) is 5.92 Å². The van der Waals surface area contributed by atoms with E-state index in [-0.39, 0.29) is 0 Å². The maximum Gasteiger partial charge on any atom is 0.0165 e. The zero-order valence-electron chi connectivity index (χ0n) is 14.3. The van der Waals surface area contributed by atoms with E-state index >= 15 is 0 Å². The predicted molar refractivity (Wildman–Crippen MR) is 90.2 cm³/mol. The van der Waals surface area contributed by atoms with Crippen LogP contribution in [0.4, 0.5) is 0 Å². The molecule has 1 aliphatic heterocycles. The monoisotopic (exact) mass is 280 g/mol. The molecule has 0 aromatic carbocycles. The summed E-state index contributed by atoms with van der Waals surface area (Å²) in [6, 6.07) is 0.758. The van der Waals surface area contributed by atoms with Crippen LogP contribution >= 0.6 is 0 Å². The Morgan fingerprint density at radius 2 is 1.95 bits per heavy atom. The number of hydrogen-bond donors (Lipinski definition) is 1. The Morgan fingerprint density at radius 3 is 2.50 bits per heavy atom. The molecule has 20 heavy (non-hydrogen) atoms. The van der Waals surface area contributed by atoms with Gasteiger partial charge in [-0.2, -0.15) is 0 Å². The molecular formula is C18H36N2. The van der Waals surface area contributed by atoms with E-state index < -0.39 is 0 Å². The number of likely N-dealkylation sites (tertiary alicyclic amines) is 1. The molecule has 1 N–H and O–H groups in total. The highest BCUT2D eigenvalue weighted by molar-refractivity contribution is 4.95. The van der Waals surface area contributed by atoms with Gasteiger partial charge in [0.25, 0.3) is 0 Å². The molecule has 2 heteroatoms. The van der Waals surface area contributed by atoms with E-state index in [0.717, 1.165) is 18.5 Å². The minimum absolute atomic E-state index is 0.758. The van der Waals surface area contributed by atoms with E-state index in [9.17, 15) is 0 Å². The topological polar surface area (TPSA) is 15.3 Å². The first-order valence-electron chi connectivity index (χ1n) is 8.74. The number of piperidine rings is 1. The van der Waals surface area contributed by atoms with Crippen LogP contribution in [0.2, 0.25) is 0 Å². The second kappa shape index (κ2) is 10.4. The van der Waals surface area contributed by atoms with Gasteiger partial charge in [0.1, 0.15) is 0 Å². The van der Waals surface area contributed by atoms with Crippen molar-refractivity contribution in [2.45, 2.75) is 72.3 Å². The van der Waals surface area contributed by atoms with Crippen molar-refractivity contribution < 1.29 is 0 Å². The van der Waals surface area contributed by atoms with Crippen molar-refractivity contribution in [1.82, 2.24) is 10.2 Å². The van der Waals surface area contributed by atoms with Gasteiger partial charge in [-0.25, -0.2) is 0 Å². The van der Waals surface area contributed by atoms with Crippen LogP contribution in [0.5, 0.6) is 0 Å². The molecule has 0 saturated carbocycles. The Morgan fingerprint density at radius 1 is 1.25 bits per heavy atom. The third-order valence-electron chi connectivity index (χ3n) is 4.58. The molecule has 1 heterocycles. The van der Waals surface area contributed by atoms with E-state index in [4.69, 9.17) is 0 Å². The number of nitrogens with one attached hydrogen (secondary N) is 1. The minimum Gasteiger partial charge on any atom is -0.314 e. The van der Waals surface area contributed by atoms with E-state index in [1.807, 2.05) is 0 Å². The van der Waals surface area contributed by atoms with E-state index in [1.54, 1.807) is 0 Å². The lowest BCUT2D eigenvalue weighted by atomic mass is 9.97. The maximum atomic E-state index is 3.82. The standard InChI is InChI=1S/C18H36N2/c1-5-7-8-17(6-2)15-19-18-10-13-20(14-11-18)12-9-16(3)4/h9,17-19H,5-8,10-15H2,1-4H3. The Bertz CT molecular complexity index is 261. The van der Waals surface area contributed by atoms with Gasteiger partial charge < -0.3 is 5.32 Å². The number of hydrogen-bond acceptors (Lipinski definition) is 2. The summed E-state index contributed by atoms with van der Waals surface area (Å²) >= 11 is 0. The maximum absolute atomic E-state index is 3.82. The summed E-state index contributed by atoms with van der Waals surface area (Å²) in [5.41, 5.74) is 1.44. The van der Waals surface area contributed by atoms with Crippen molar-refractivity contribution in [1.29, 1.82) is 0 Å². The molecule has 0 aliphatic carbocycles. The molecular weight excluding hydrogens is 244 g/mol. The summed E-state index contributed by atoms with van der Waals surface area (Å²) in [5, 5.41) is 3.82. The first kappa shape index (κ1) is 17.7. The average molecular weight is 281 g/mol. The molecule has 0 radical (unpaired) electrons. The first-order valence-corrected chi connectivity index (χ1v) is 8.74. The third kappa shape index (κ3) is 7.44. The Kier molecular flexibility index (Phi) is 9.21. The summed E-state index contributed by atoms with van der Waals surface area (Å²) in [7, 11) is 0. The fourth-order valence-corrected chi connectivity index (χ4v) is 2.91. The molecule has 0 amide bonds. The quantitative estimate of drug-likeness (QED) is 0.636. The van der Waals surface area contributed by atoms with Crippen LogP contribution < -0.4 is 5.32 Å². The summed E-state index contributed by atoms with van der Waals surface area (Å²) in [6.45, 7) is 13.9. The van der Waals surface area contributed by atoms with Gasteiger partial charge in [-0.15, -0.1) is 0 Å². The molecule has 0 aromatic heterocycles. The second-order valence-corrected chi connectivity index (χ2v) is 6.68. The molecule has 0 aromatic rings. The summed E-state index contributed by atoms with van der Waals surface area (Å²) in [4.78, 5) is 2.58. The van der Waals surface area contributed by atoms with Crippen LogP contribution in [0.1, 0.15) is 66.2 Å². The molecule has 2 nitrogen and oxygen atoms in total. The molecule has 1 saturated heterocycles. The predicted octanol–water partition coefficient (Wildman–Crippen LogP) is 4.22. The summed E-state index contributed by atoms with van der Waals surface area (Å²) < 4.78 is 0. The Balaban J connectivity index is 2.16. The zero-order chi connectivity index (χ0) is 14.8. The van der Waals surface area contributed by atoms with Crippen molar-refractivity contribution in [3.8, 4) is 0 Å². The lowest BCUT2D eigenvalue weighted by Crippen LogP contribution is -2.43. The van der Waals surface area contributed by atoms with Crippen LogP contribution in [-0.2, 0) is 0 Å². The van der Waals surface area contributed by atoms with Gasteiger partial charge in [-0.1, -0.05) is 44.8 Å². The highest BCUT2D eigenvalue weighted by atomic mass is 15.1. The summed E-state index contributed by atoms with van der Waals surface area (Å²) in [6.07, 6.45) is 10.4. The highest BCUT2D eigenvalue weighted by Gasteiger charge is 2.18. The Labute approximate surface area is 127 Å². The highest BCUT2D eigenvalue weighted by Crippen LogP contribution is 2.14. The fraction of sp³-hybridized carbons (Fsp3) is 0.889. The van der Waals surface area contributed by atoms with E-state index in [2.05, 4.69) is 44.0 Å². The van der Waals surface area contributed by atoms with Crippen molar-refractivity contribution >= 4 is 0 Å². The van der Waals surface area contributed by atoms with Gasteiger partial charge in [-0.3, -0.25) is 4.90 Å². The molecule has 1 aliphatic rings. The smallest absolute Gasteiger partial charge is 0.0165 e. The van der Waals surface area contributed by atoms with Gasteiger partial charge in [0, 0.05) is 12.6 Å². The lowest BCUT2D eigenvalue weighted by Gasteiger charge is -2.32. The van der Waals surface area contributed by atoms with Crippen LogP contribution in [0.15, 0.2) is 11.6 Å². The van der Waals surface area contributed by atoms with Crippen molar-refractivity contribution in [3.63, 3.8) is 0 Å². The van der Waals surface area contributed by atoms with E-state index in [1.165, 1.54) is 63.7 Å². The molecule has 1 atom stereocenters. The number of nitrogens with zero attached hydrogens (tertiary/aromatic N) is 1. The second-order valence-electron chi connectivity index (χ2n) is 6.68. The molecule has 0 bridgehead atoms. The Hall–Kier alpha value is -0.340. The van der Waals surface area contributed by atoms with E-state index in [0.29, 0.717) is 0 Å². The molecule has 1 rings (SSSR count). The minimum atomic E-state index is 0.758. The molecule has 1 fully saturated rings. The van der Waals surface area contributed by atoms with Crippen molar-refractivity contribution in [3.05, 3.63) is 11.6 Å².